The molecule has 9 heteroatoms. The highest BCUT2D eigenvalue weighted by Gasteiger charge is 2.31. The lowest BCUT2D eigenvalue weighted by Crippen LogP contribution is -2.34. The Morgan fingerprint density at radius 1 is 0.950 bits per heavy atom. The first kappa shape index (κ1) is 28.9. The third kappa shape index (κ3) is 6.73. The molecular weight excluding hydrogens is 514 g/mol. The quantitative estimate of drug-likeness (QED) is 0.255. The molecule has 3 aromatic carbocycles. The Bertz CT molecular complexity index is 1300. The SMILES string of the molecule is COC(=O)c1cc(C(=O)CN(Cc2ccccc2)CC2COC(c3cc(OC)c(OC)c(OC)c3)C2)ccc1O. The molecule has 0 saturated carbocycles. The number of phenols is 1. The zero-order valence-corrected chi connectivity index (χ0v) is 23.2. The Hall–Kier alpha value is -4.08. The normalized spacial score (nSPS) is 16.5. The van der Waals surface area contributed by atoms with Crippen LogP contribution in [0.25, 0.3) is 0 Å². The van der Waals surface area contributed by atoms with Crippen molar-refractivity contribution in [3.05, 3.63) is 82.9 Å². The Morgan fingerprint density at radius 2 is 1.65 bits per heavy atom. The van der Waals surface area contributed by atoms with Gasteiger partial charge in [0.05, 0.1) is 47.7 Å². The molecule has 40 heavy (non-hydrogen) atoms. The van der Waals surface area contributed by atoms with Crippen LogP contribution in [0.2, 0.25) is 0 Å². The highest BCUT2D eigenvalue weighted by molar-refractivity contribution is 6.01. The maximum Gasteiger partial charge on any atom is 0.341 e. The van der Waals surface area contributed by atoms with E-state index < -0.39 is 5.97 Å². The number of ketones is 1. The van der Waals surface area contributed by atoms with Gasteiger partial charge in [-0.05, 0) is 53.8 Å². The predicted octanol–water partition coefficient (Wildman–Crippen LogP) is 4.67. The van der Waals surface area contributed by atoms with E-state index in [4.69, 9.17) is 23.7 Å². The van der Waals surface area contributed by atoms with Gasteiger partial charge in [-0.3, -0.25) is 9.69 Å². The van der Waals surface area contributed by atoms with Crippen molar-refractivity contribution in [2.45, 2.75) is 19.1 Å². The van der Waals surface area contributed by atoms with Crippen LogP contribution in [0, 0.1) is 5.92 Å². The first-order chi connectivity index (χ1) is 19.4. The molecule has 1 heterocycles. The van der Waals surface area contributed by atoms with Gasteiger partial charge < -0.3 is 28.8 Å². The molecule has 212 valence electrons. The largest absolute Gasteiger partial charge is 0.507 e. The number of esters is 1. The maximum atomic E-state index is 13.3. The summed E-state index contributed by atoms with van der Waals surface area (Å²) < 4.78 is 27.4. The number of phenolic OH excluding ortho intramolecular Hbond substituents is 1. The number of hydrogen-bond donors (Lipinski definition) is 1. The molecule has 0 amide bonds. The fourth-order valence-corrected chi connectivity index (χ4v) is 5.01. The van der Waals surface area contributed by atoms with Gasteiger partial charge in [-0.25, -0.2) is 4.79 Å². The molecular formula is C31H35NO8. The van der Waals surface area contributed by atoms with Crippen molar-refractivity contribution in [3.63, 3.8) is 0 Å². The van der Waals surface area contributed by atoms with Crippen LogP contribution in [0.15, 0.2) is 60.7 Å². The first-order valence-corrected chi connectivity index (χ1v) is 13.0. The highest BCUT2D eigenvalue weighted by atomic mass is 16.5. The van der Waals surface area contributed by atoms with Crippen molar-refractivity contribution in [3.8, 4) is 23.0 Å². The molecule has 0 aliphatic carbocycles. The van der Waals surface area contributed by atoms with Gasteiger partial charge in [0.1, 0.15) is 11.3 Å². The van der Waals surface area contributed by atoms with Crippen molar-refractivity contribution in [2.24, 2.45) is 5.92 Å². The lowest BCUT2D eigenvalue weighted by Gasteiger charge is -2.25. The molecule has 0 aromatic heterocycles. The monoisotopic (exact) mass is 549 g/mol. The third-order valence-electron chi connectivity index (χ3n) is 7.00. The van der Waals surface area contributed by atoms with Crippen LogP contribution in [0.3, 0.4) is 0 Å². The summed E-state index contributed by atoms with van der Waals surface area (Å²) in [5, 5.41) is 10.0. The molecule has 2 unspecified atom stereocenters. The molecule has 4 rings (SSSR count). The molecule has 0 spiro atoms. The molecule has 1 fully saturated rings. The maximum absolute atomic E-state index is 13.3. The average molecular weight is 550 g/mol. The van der Waals surface area contributed by atoms with Crippen LogP contribution < -0.4 is 14.2 Å². The Kier molecular flexibility index (Phi) is 9.63. The zero-order valence-electron chi connectivity index (χ0n) is 23.2. The molecule has 1 aliphatic heterocycles. The molecule has 0 bridgehead atoms. The zero-order chi connectivity index (χ0) is 28.6. The molecule has 1 N–H and O–H groups in total. The summed E-state index contributed by atoms with van der Waals surface area (Å²) >= 11 is 0. The van der Waals surface area contributed by atoms with E-state index in [1.807, 2.05) is 42.5 Å². The number of methoxy groups -OCH3 is 4. The third-order valence-corrected chi connectivity index (χ3v) is 7.00. The topological polar surface area (TPSA) is 104 Å². The van der Waals surface area contributed by atoms with E-state index in [1.54, 1.807) is 21.3 Å². The van der Waals surface area contributed by atoms with Gasteiger partial charge in [-0.15, -0.1) is 0 Å². The minimum absolute atomic E-state index is 0.0414. The Labute approximate surface area is 234 Å². The van der Waals surface area contributed by atoms with Gasteiger partial charge in [-0.2, -0.15) is 0 Å². The lowest BCUT2D eigenvalue weighted by atomic mass is 9.98. The standard InChI is InChI=1S/C31H35NO8/c1-36-28-14-23(15-29(37-2)30(28)38-3)27-12-21(19-40-27)17-32(16-20-8-6-5-7-9-20)18-26(34)22-10-11-25(33)24(13-22)31(35)39-4/h5-11,13-15,21,27,33H,12,16-19H2,1-4H3. The fraction of sp³-hybridized carbons (Fsp3) is 0.355. The van der Waals surface area contributed by atoms with Gasteiger partial charge in [0, 0.05) is 18.7 Å². The molecule has 9 nitrogen and oxygen atoms in total. The van der Waals surface area contributed by atoms with Crippen molar-refractivity contribution in [2.75, 3.05) is 48.1 Å². The summed E-state index contributed by atoms with van der Waals surface area (Å²) in [5.74, 6) is 0.744. The molecule has 3 aromatic rings. The van der Waals surface area contributed by atoms with Crippen molar-refractivity contribution >= 4 is 11.8 Å². The van der Waals surface area contributed by atoms with Crippen LogP contribution in [-0.4, -0.2) is 69.9 Å². The summed E-state index contributed by atoms with van der Waals surface area (Å²) in [6.07, 6.45) is 0.594. The minimum atomic E-state index is -0.700. The number of hydrogen-bond acceptors (Lipinski definition) is 9. The van der Waals surface area contributed by atoms with E-state index in [9.17, 15) is 14.7 Å². The first-order valence-electron chi connectivity index (χ1n) is 13.0. The van der Waals surface area contributed by atoms with Crippen molar-refractivity contribution in [1.82, 2.24) is 4.90 Å². The van der Waals surface area contributed by atoms with Crippen LogP contribution in [0.5, 0.6) is 23.0 Å². The smallest absolute Gasteiger partial charge is 0.341 e. The summed E-state index contributed by atoms with van der Waals surface area (Å²) in [6.45, 7) is 1.86. The van der Waals surface area contributed by atoms with E-state index in [2.05, 4.69) is 4.90 Å². The van der Waals surface area contributed by atoms with Crippen LogP contribution in [0.4, 0.5) is 0 Å². The summed E-state index contributed by atoms with van der Waals surface area (Å²) in [5.41, 5.74) is 2.30. The number of ether oxygens (including phenoxy) is 5. The van der Waals surface area contributed by atoms with Gasteiger partial charge in [-0.1, -0.05) is 30.3 Å². The number of carbonyl (C=O) groups is 2. The number of Topliss-reactive ketones (excluding diaryl/α,β-unsaturated/α-hetero) is 1. The molecule has 1 aliphatic rings. The number of nitrogens with zero attached hydrogens (tertiary/aromatic N) is 1. The van der Waals surface area contributed by atoms with Crippen LogP contribution >= 0.6 is 0 Å². The lowest BCUT2D eigenvalue weighted by molar-refractivity contribution is 0.0597. The van der Waals surface area contributed by atoms with Gasteiger partial charge in [0.2, 0.25) is 5.75 Å². The second kappa shape index (κ2) is 13.3. The summed E-state index contributed by atoms with van der Waals surface area (Å²) in [7, 11) is 5.96. The number of rotatable bonds is 12. The Morgan fingerprint density at radius 3 is 2.27 bits per heavy atom. The summed E-state index contributed by atoms with van der Waals surface area (Å²) in [4.78, 5) is 27.5. The molecule has 1 saturated heterocycles. The highest BCUT2D eigenvalue weighted by Crippen LogP contribution is 2.43. The number of carbonyl (C=O) groups excluding carboxylic acids is 2. The van der Waals surface area contributed by atoms with E-state index in [0.717, 1.165) is 17.5 Å². The molecule has 0 radical (unpaired) electrons. The summed E-state index contributed by atoms with van der Waals surface area (Å²) in [6, 6.07) is 18.0. The van der Waals surface area contributed by atoms with Gasteiger partial charge >= 0.3 is 5.97 Å². The second-order valence-corrected chi connectivity index (χ2v) is 9.68. The molecule has 2 atom stereocenters. The second-order valence-electron chi connectivity index (χ2n) is 9.68. The predicted molar refractivity (Wildman–Crippen MR) is 148 cm³/mol. The van der Waals surface area contributed by atoms with Crippen molar-refractivity contribution in [1.29, 1.82) is 0 Å². The van der Waals surface area contributed by atoms with Crippen molar-refractivity contribution < 1.29 is 38.4 Å². The van der Waals surface area contributed by atoms with Gasteiger partial charge in [0.15, 0.2) is 17.3 Å². The average Bonchev–Trinajstić information content (AvgIpc) is 3.45. The Balaban J connectivity index is 1.51. The fourth-order valence-electron chi connectivity index (χ4n) is 5.01. The number of aromatic hydroxyl groups is 1. The van der Waals surface area contributed by atoms with Crippen LogP contribution in [-0.2, 0) is 16.0 Å². The van der Waals surface area contributed by atoms with E-state index >= 15 is 0 Å². The van der Waals surface area contributed by atoms with Gasteiger partial charge in [0.25, 0.3) is 0 Å². The minimum Gasteiger partial charge on any atom is -0.507 e. The van der Waals surface area contributed by atoms with E-state index in [0.29, 0.717) is 42.5 Å². The van der Waals surface area contributed by atoms with E-state index in [1.165, 1.54) is 25.3 Å². The van der Waals surface area contributed by atoms with E-state index in [-0.39, 0.29) is 35.7 Å². The number of benzene rings is 3. The van der Waals surface area contributed by atoms with Crippen LogP contribution in [0.1, 0.15) is 44.4 Å².